The molecule has 9 heteroatoms. The monoisotopic (exact) mass is 579 g/mol. The van der Waals surface area contributed by atoms with E-state index in [0.29, 0.717) is 44.3 Å². The minimum Gasteiger partial charge on any atom is -0.494 e. The van der Waals surface area contributed by atoms with Gasteiger partial charge in [-0.05, 0) is 68.3 Å². The number of thiazole rings is 1. The van der Waals surface area contributed by atoms with E-state index in [9.17, 15) is 14.9 Å². The second-order valence-corrected chi connectivity index (χ2v) is 10.4. The number of benzene rings is 3. The lowest BCUT2D eigenvalue weighted by molar-refractivity contribution is -0.139. The smallest absolute Gasteiger partial charge is 0.338 e. The summed E-state index contributed by atoms with van der Waals surface area (Å²) in [5.41, 5.74) is 3.44. The van der Waals surface area contributed by atoms with Gasteiger partial charge in [-0.25, -0.2) is 9.79 Å². The first-order valence-electron chi connectivity index (χ1n) is 13.6. The van der Waals surface area contributed by atoms with Gasteiger partial charge in [0.15, 0.2) is 4.80 Å². The van der Waals surface area contributed by atoms with Gasteiger partial charge in [-0.2, -0.15) is 5.26 Å². The van der Waals surface area contributed by atoms with Crippen LogP contribution in [0.4, 0.5) is 0 Å². The predicted octanol–water partition coefficient (Wildman–Crippen LogP) is 4.65. The number of esters is 1. The van der Waals surface area contributed by atoms with Crippen LogP contribution < -0.4 is 24.4 Å². The minimum atomic E-state index is -0.701. The molecule has 3 aromatic carbocycles. The zero-order valence-electron chi connectivity index (χ0n) is 23.5. The molecule has 5 rings (SSSR count). The Hall–Kier alpha value is -4.94. The first-order valence-corrected chi connectivity index (χ1v) is 14.4. The number of aromatic nitrogens is 1. The quantitative estimate of drug-likeness (QED) is 0.268. The van der Waals surface area contributed by atoms with E-state index < -0.39 is 12.0 Å². The molecule has 1 aromatic heterocycles. The number of fused-ring (bicyclic) bond motifs is 1. The van der Waals surface area contributed by atoms with E-state index in [1.54, 1.807) is 30.6 Å². The van der Waals surface area contributed by atoms with Gasteiger partial charge in [-0.1, -0.05) is 53.8 Å². The molecule has 8 nitrogen and oxygen atoms in total. The Morgan fingerprint density at radius 3 is 2.55 bits per heavy atom. The molecule has 1 aliphatic heterocycles. The molecule has 0 unspecified atom stereocenters. The SMILES string of the molecule is CCOC(=O)C1=C(C)N=c2s/c(=C\c3cccc(OCc4ccccc4C#N)c3)c(=O)n2[C@H]1c1ccc(OCC)cc1. The molecule has 0 N–H and O–H groups in total. The molecule has 1 atom stereocenters. The summed E-state index contributed by atoms with van der Waals surface area (Å²) < 4.78 is 19.0. The van der Waals surface area contributed by atoms with Crippen LogP contribution in [-0.2, 0) is 16.1 Å². The van der Waals surface area contributed by atoms with E-state index in [1.165, 1.54) is 11.3 Å². The molecule has 4 aromatic rings. The van der Waals surface area contributed by atoms with E-state index in [4.69, 9.17) is 14.2 Å². The van der Waals surface area contributed by atoms with Gasteiger partial charge < -0.3 is 14.2 Å². The minimum absolute atomic E-state index is 0.205. The van der Waals surface area contributed by atoms with Crippen LogP contribution in [0.2, 0.25) is 0 Å². The van der Waals surface area contributed by atoms with Crippen molar-refractivity contribution in [3.8, 4) is 17.6 Å². The summed E-state index contributed by atoms with van der Waals surface area (Å²) in [6, 6.07) is 23.5. The predicted molar refractivity (Wildman–Crippen MR) is 160 cm³/mol. The van der Waals surface area contributed by atoms with Gasteiger partial charge in [0.1, 0.15) is 18.1 Å². The van der Waals surface area contributed by atoms with Crippen molar-refractivity contribution in [1.29, 1.82) is 5.26 Å². The third-order valence-electron chi connectivity index (χ3n) is 6.71. The molecule has 0 saturated heterocycles. The molecule has 2 heterocycles. The Morgan fingerprint density at radius 1 is 1.02 bits per heavy atom. The van der Waals surface area contributed by atoms with Gasteiger partial charge in [0.25, 0.3) is 5.56 Å². The molecule has 0 amide bonds. The van der Waals surface area contributed by atoms with Crippen molar-refractivity contribution >= 4 is 23.4 Å². The molecule has 0 saturated carbocycles. The number of allylic oxidation sites excluding steroid dienone is 1. The van der Waals surface area contributed by atoms with Crippen LogP contribution in [0.15, 0.2) is 93.9 Å². The Kier molecular flexibility index (Phi) is 8.65. The highest BCUT2D eigenvalue weighted by Crippen LogP contribution is 2.31. The lowest BCUT2D eigenvalue weighted by Gasteiger charge is -2.24. The number of carbonyl (C=O) groups is 1. The summed E-state index contributed by atoms with van der Waals surface area (Å²) in [5.74, 6) is 0.803. The number of hydrogen-bond donors (Lipinski definition) is 0. The van der Waals surface area contributed by atoms with Gasteiger partial charge >= 0.3 is 5.97 Å². The van der Waals surface area contributed by atoms with Crippen molar-refractivity contribution in [3.63, 3.8) is 0 Å². The van der Waals surface area contributed by atoms with Crippen LogP contribution >= 0.6 is 11.3 Å². The van der Waals surface area contributed by atoms with E-state index in [0.717, 1.165) is 16.7 Å². The van der Waals surface area contributed by atoms with Crippen LogP contribution in [0.3, 0.4) is 0 Å². The van der Waals surface area contributed by atoms with Crippen molar-refractivity contribution in [2.24, 2.45) is 4.99 Å². The van der Waals surface area contributed by atoms with Crippen molar-refractivity contribution in [3.05, 3.63) is 126 Å². The summed E-state index contributed by atoms with van der Waals surface area (Å²) in [7, 11) is 0. The van der Waals surface area contributed by atoms with Crippen LogP contribution in [0.5, 0.6) is 11.5 Å². The molecule has 0 bridgehead atoms. The lowest BCUT2D eigenvalue weighted by atomic mass is 9.96. The fraction of sp³-hybridized carbons (Fsp3) is 0.212. The van der Waals surface area contributed by atoms with Crippen molar-refractivity contribution in [2.75, 3.05) is 13.2 Å². The zero-order chi connectivity index (χ0) is 29.6. The maximum atomic E-state index is 13.9. The van der Waals surface area contributed by atoms with Crippen molar-refractivity contribution in [2.45, 2.75) is 33.4 Å². The summed E-state index contributed by atoms with van der Waals surface area (Å²) >= 11 is 1.26. The molecular formula is C33H29N3O5S. The molecule has 0 aliphatic carbocycles. The molecule has 1 aliphatic rings. The van der Waals surface area contributed by atoms with Crippen LogP contribution in [0, 0.1) is 11.3 Å². The lowest BCUT2D eigenvalue weighted by Crippen LogP contribution is -2.39. The van der Waals surface area contributed by atoms with E-state index in [-0.39, 0.29) is 18.8 Å². The van der Waals surface area contributed by atoms with E-state index in [2.05, 4.69) is 11.1 Å². The average Bonchev–Trinajstić information content (AvgIpc) is 3.30. The van der Waals surface area contributed by atoms with Crippen LogP contribution in [-0.4, -0.2) is 23.8 Å². The number of nitrogens with zero attached hydrogens (tertiary/aromatic N) is 3. The fourth-order valence-corrected chi connectivity index (χ4v) is 5.83. The standard InChI is InChI=1S/C33H29N3O5S/c1-4-39-26-15-13-23(14-16-26)30-29(32(38)40-5-2)21(3)35-33-36(30)31(37)28(42-33)18-22-9-8-12-27(17-22)41-20-25-11-7-6-10-24(25)19-34/h6-18,30H,4-5,20H2,1-3H3/b28-18-/t30-/m0/s1. The number of nitriles is 1. The zero-order valence-corrected chi connectivity index (χ0v) is 24.3. The summed E-state index contributed by atoms with van der Waals surface area (Å²) in [6.07, 6.45) is 1.79. The second kappa shape index (κ2) is 12.7. The number of carbonyl (C=O) groups excluding carboxylic acids is 1. The highest BCUT2D eigenvalue weighted by atomic mass is 32.1. The normalized spacial score (nSPS) is 14.5. The first kappa shape index (κ1) is 28.6. The van der Waals surface area contributed by atoms with Gasteiger partial charge in [-0.3, -0.25) is 9.36 Å². The average molecular weight is 580 g/mol. The molecule has 0 radical (unpaired) electrons. The number of rotatable bonds is 9. The molecule has 0 spiro atoms. The van der Waals surface area contributed by atoms with Gasteiger partial charge in [-0.15, -0.1) is 0 Å². The van der Waals surface area contributed by atoms with Crippen LogP contribution in [0.25, 0.3) is 6.08 Å². The number of hydrogen-bond acceptors (Lipinski definition) is 8. The highest BCUT2D eigenvalue weighted by Gasteiger charge is 2.33. The Morgan fingerprint density at radius 2 is 1.81 bits per heavy atom. The molecule has 0 fully saturated rings. The molecule has 42 heavy (non-hydrogen) atoms. The topological polar surface area (TPSA) is 103 Å². The first-order chi connectivity index (χ1) is 20.4. The van der Waals surface area contributed by atoms with Crippen molar-refractivity contribution in [1.82, 2.24) is 4.57 Å². The van der Waals surface area contributed by atoms with E-state index >= 15 is 0 Å². The maximum Gasteiger partial charge on any atom is 0.338 e. The van der Waals surface area contributed by atoms with Gasteiger partial charge in [0.2, 0.25) is 0 Å². The fourth-order valence-electron chi connectivity index (χ4n) is 4.78. The summed E-state index contributed by atoms with van der Waals surface area (Å²) in [6.45, 7) is 6.39. The Labute approximate surface area is 247 Å². The van der Waals surface area contributed by atoms with Crippen molar-refractivity contribution < 1.29 is 19.0 Å². The Bertz CT molecular complexity index is 1880. The van der Waals surface area contributed by atoms with E-state index in [1.807, 2.05) is 73.7 Å². The highest BCUT2D eigenvalue weighted by molar-refractivity contribution is 7.07. The molecular weight excluding hydrogens is 550 g/mol. The maximum absolute atomic E-state index is 13.9. The summed E-state index contributed by atoms with van der Waals surface area (Å²) in [4.78, 5) is 32.1. The largest absolute Gasteiger partial charge is 0.494 e. The third kappa shape index (κ3) is 5.90. The molecule has 212 valence electrons. The van der Waals surface area contributed by atoms with Crippen LogP contribution in [0.1, 0.15) is 49.1 Å². The third-order valence-corrected chi connectivity index (χ3v) is 7.69. The summed E-state index contributed by atoms with van der Waals surface area (Å²) in [5, 5.41) is 9.35. The Balaban J connectivity index is 1.53. The van der Waals surface area contributed by atoms with Gasteiger partial charge in [0, 0.05) is 5.56 Å². The number of ether oxygens (including phenoxy) is 3. The second-order valence-electron chi connectivity index (χ2n) is 9.43. The van der Waals surface area contributed by atoms with Gasteiger partial charge in [0.05, 0.1) is 46.7 Å².